The summed E-state index contributed by atoms with van der Waals surface area (Å²) in [6, 6.07) is 10.9. The van der Waals surface area contributed by atoms with Crippen LogP contribution in [0.5, 0.6) is 11.5 Å². The molecule has 1 heterocycles. The highest BCUT2D eigenvalue weighted by molar-refractivity contribution is 5.84. The van der Waals surface area contributed by atoms with Gasteiger partial charge in [0.15, 0.2) is 29.1 Å². The van der Waals surface area contributed by atoms with Gasteiger partial charge >= 0.3 is 0 Å². The quantitative estimate of drug-likeness (QED) is 0.252. The number of imidazole rings is 1. The van der Waals surface area contributed by atoms with Gasteiger partial charge < -0.3 is 9.47 Å². The summed E-state index contributed by atoms with van der Waals surface area (Å²) < 4.78 is 82.0. The van der Waals surface area contributed by atoms with Gasteiger partial charge in [-0.3, -0.25) is 4.57 Å². The van der Waals surface area contributed by atoms with E-state index in [0.717, 1.165) is 0 Å². The Hall–Kier alpha value is -3.62. The molecule has 1 aromatic heterocycles. The summed E-state index contributed by atoms with van der Waals surface area (Å²) in [6.07, 6.45) is 0. The Morgan fingerprint density at radius 3 is 1.80 bits per heavy atom. The summed E-state index contributed by atoms with van der Waals surface area (Å²) in [5.41, 5.74) is -0.146. The smallest absolute Gasteiger partial charge is 0.200 e. The summed E-state index contributed by atoms with van der Waals surface area (Å²) in [6.45, 7) is 0. The number of methoxy groups -OCH3 is 2. The Kier molecular flexibility index (Phi) is 4.81. The average molecular weight is 420 g/mol. The second-order valence-corrected chi connectivity index (χ2v) is 6.27. The molecule has 0 aliphatic heterocycles. The molecule has 0 bridgehead atoms. The van der Waals surface area contributed by atoms with Gasteiger partial charge in [-0.05, 0) is 36.4 Å². The molecule has 0 unspecified atom stereocenters. The van der Waals surface area contributed by atoms with Crippen LogP contribution >= 0.6 is 0 Å². The van der Waals surface area contributed by atoms with E-state index in [4.69, 9.17) is 9.47 Å². The van der Waals surface area contributed by atoms with Crippen LogP contribution in [0.1, 0.15) is 0 Å². The van der Waals surface area contributed by atoms with Crippen molar-refractivity contribution in [2.75, 3.05) is 14.2 Å². The Bertz CT molecular complexity index is 1240. The lowest BCUT2D eigenvalue weighted by molar-refractivity contribution is 0.380. The lowest BCUT2D eigenvalue weighted by atomic mass is 10.1. The van der Waals surface area contributed by atoms with Crippen LogP contribution in [0, 0.1) is 29.1 Å². The molecule has 0 N–H and O–H groups in total. The predicted molar refractivity (Wildman–Crippen MR) is 99.4 cm³/mol. The fraction of sp³-hybridized carbons (Fsp3) is 0.0952. The summed E-state index contributed by atoms with van der Waals surface area (Å²) in [4.78, 5) is 4.15. The summed E-state index contributed by atoms with van der Waals surface area (Å²) >= 11 is 0. The van der Waals surface area contributed by atoms with Gasteiger partial charge in [0.25, 0.3) is 0 Å². The lowest BCUT2D eigenvalue weighted by Crippen LogP contribution is -2.07. The maximum Gasteiger partial charge on any atom is 0.200 e. The molecule has 0 saturated heterocycles. The molecule has 4 rings (SSSR count). The molecule has 3 aromatic carbocycles. The standard InChI is InChI=1S/C21H13F5N2O2/c1-29-11-5-3-10(4-6-11)28-14-9-12(30-2)7-8-13(14)27-21(28)15-16(22)18(24)20(26)19(25)17(15)23/h3-9H,1-2H3. The van der Waals surface area contributed by atoms with Crippen LogP contribution in [0.2, 0.25) is 0 Å². The molecule has 0 aliphatic rings. The fourth-order valence-electron chi connectivity index (χ4n) is 3.14. The molecule has 4 nitrogen and oxygen atoms in total. The average Bonchev–Trinajstić information content (AvgIpc) is 3.14. The third-order valence-corrected chi connectivity index (χ3v) is 4.63. The van der Waals surface area contributed by atoms with Crippen molar-refractivity contribution in [2.24, 2.45) is 0 Å². The zero-order valence-electron chi connectivity index (χ0n) is 15.6. The second-order valence-electron chi connectivity index (χ2n) is 6.27. The Morgan fingerprint density at radius 2 is 1.23 bits per heavy atom. The molecule has 154 valence electrons. The third-order valence-electron chi connectivity index (χ3n) is 4.63. The molecule has 0 radical (unpaired) electrons. The van der Waals surface area contributed by atoms with E-state index in [0.29, 0.717) is 22.7 Å². The highest BCUT2D eigenvalue weighted by Gasteiger charge is 2.30. The monoisotopic (exact) mass is 420 g/mol. The predicted octanol–water partition coefficient (Wildman–Crippen LogP) is 5.41. The van der Waals surface area contributed by atoms with Crippen molar-refractivity contribution in [3.05, 3.63) is 71.6 Å². The number of ether oxygens (including phenoxy) is 2. The second kappa shape index (κ2) is 7.33. The normalized spacial score (nSPS) is 11.2. The number of fused-ring (bicyclic) bond motifs is 1. The topological polar surface area (TPSA) is 36.3 Å². The van der Waals surface area contributed by atoms with Gasteiger partial charge in [-0.2, -0.15) is 0 Å². The maximum atomic E-state index is 14.6. The Labute approximate surface area is 167 Å². The molecule has 0 aliphatic carbocycles. The van der Waals surface area contributed by atoms with Gasteiger partial charge in [-0.15, -0.1) is 0 Å². The SMILES string of the molecule is COc1ccc(-n2c(-c3c(F)c(F)c(F)c(F)c3F)nc3ccc(OC)cc32)cc1. The molecule has 0 atom stereocenters. The van der Waals surface area contributed by atoms with Gasteiger partial charge in [0, 0.05) is 11.8 Å². The minimum absolute atomic E-state index is 0.269. The number of nitrogens with zero attached hydrogens (tertiary/aromatic N) is 2. The zero-order valence-corrected chi connectivity index (χ0v) is 15.6. The first-order valence-electron chi connectivity index (χ1n) is 8.60. The number of aromatic nitrogens is 2. The van der Waals surface area contributed by atoms with Crippen LogP contribution in [-0.4, -0.2) is 23.8 Å². The Morgan fingerprint density at radius 1 is 0.700 bits per heavy atom. The van der Waals surface area contributed by atoms with E-state index in [9.17, 15) is 22.0 Å². The first kappa shape index (κ1) is 19.7. The van der Waals surface area contributed by atoms with E-state index in [1.807, 2.05) is 0 Å². The number of rotatable bonds is 4. The van der Waals surface area contributed by atoms with E-state index in [-0.39, 0.29) is 5.52 Å². The summed E-state index contributed by atoms with van der Waals surface area (Å²) in [5, 5.41) is 0. The summed E-state index contributed by atoms with van der Waals surface area (Å²) in [7, 11) is 2.90. The van der Waals surface area contributed by atoms with E-state index in [2.05, 4.69) is 4.98 Å². The van der Waals surface area contributed by atoms with Crippen molar-refractivity contribution >= 4 is 11.0 Å². The van der Waals surface area contributed by atoms with Crippen LogP contribution in [0.25, 0.3) is 28.1 Å². The molecule has 4 aromatic rings. The molecule has 0 saturated carbocycles. The summed E-state index contributed by atoms with van der Waals surface area (Å²) in [5.74, 6) is -9.78. The minimum atomic E-state index is -2.23. The number of hydrogen-bond acceptors (Lipinski definition) is 3. The van der Waals surface area contributed by atoms with Crippen LogP contribution in [0.3, 0.4) is 0 Å². The van der Waals surface area contributed by atoms with Gasteiger partial charge in [-0.1, -0.05) is 0 Å². The van der Waals surface area contributed by atoms with Gasteiger partial charge in [0.05, 0.1) is 30.8 Å². The molecule has 0 spiro atoms. The van der Waals surface area contributed by atoms with E-state index in [1.165, 1.54) is 24.9 Å². The molecular formula is C21H13F5N2O2. The van der Waals surface area contributed by atoms with Crippen molar-refractivity contribution in [1.82, 2.24) is 9.55 Å². The first-order chi connectivity index (χ1) is 14.4. The largest absolute Gasteiger partial charge is 0.497 e. The van der Waals surface area contributed by atoms with Gasteiger partial charge in [-0.25, -0.2) is 26.9 Å². The van der Waals surface area contributed by atoms with Gasteiger partial charge in [0.1, 0.15) is 11.5 Å². The number of hydrogen-bond donors (Lipinski definition) is 0. The highest BCUT2D eigenvalue weighted by atomic mass is 19.2. The first-order valence-corrected chi connectivity index (χ1v) is 8.60. The fourth-order valence-corrected chi connectivity index (χ4v) is 3.14. The van der Waals surface area contributed by atoms with Crippen LogP contribution in [0.4, 0.5) is 22.0 Å². The third kappa shape index (κ3) is 2.94. The van der Waals surface area contributed by atoms with Crippen molar-refractivity contribution < 1.29 is 31.4 Å². The van der Waals surface area contributed by atoms with Crippen LogP contribution < -0.4 is 9.47 Å². The maximum absolute atomic E-state index is 14.6. The highest BCUT2D eigenvalue weighted by Crippen LogP contribution is 2.36. The van der Waals surface area contributed by atoms with E-state index >= 15 is 0 Å². The van der Waals surface area contributed by atoms with Crippen molar-refractivity contribution in [2.45, 2.75) is 0 Å². The van der Waals surface area contributed by atoms with Crippen molar-refractivity contribution in [3.63, 3.8) is 0 Å². The molecule has 0 amide bonds. The van der Waals surface area contributed by atoms with Crippen LogP contribution in [-0.2, 0) is 0 Å². The molecular weight excluding hydrogens is 407 g/mol. The van der Waals surface area contributed by atoms with Crippen molar-refractivity contribution in [1.29, 1.82) is 0 Å². The van der Waals surface area contributed by atoms with Crippen molar-refractivity contribution in [3.8, 4) is 28.6 Å². The minimum Gasteiger partial charge on any atom is -0.497 e. The molecule has 30 heavy (non-hydrogen) atoms. The van der Waals surface area contributed by atoms with E-state index in [1.54, 1.807) is 36.4 Å². The van der Waals surface area contributed by atoms with Crippen LogP contribution in [0.15, 0.2) is 42.5 Å². The molecule has 0 fully saturated rings. The Balaban J connectivity index is 2.11. The van der Waals surface area contributed by atoms with E-state index < -0.39 is 40.5 Å². The van der Waals surface area contributed by atoms with Gasteiger partial charge in [0.2, 0.25) is 5.82 Å². The number of benzene rings is 3. The zero-order chi connectivity index (χ0) is 21.6. The number of halogens is 5. The lowest BCUT2D eigenvalue weighted by Gasteiger charge is -2.13. The molecule has 9 heteroatoms.